The topological polar surface area (TPSA) is 40.6 Å². The lowest BCUT2D eigenvalue weighted by Gasteiger charge is -2.26. The Hall–Kier alpha value is -2.01. The third-order valence-corrected chi connectivity index (χ3v) is 5.36. The van der Waals surface area contributed by atoms with E-state index >= 15 is 0 Å². The number of thioether (sulfide) groups is 1. The molecular weight excluding hydrogens is 320 g/mol. The Labute approximate surface area is 146 Å². The molecule has 1 aliphatic rings. The SMILES string of the molecule is CN(C)C(=O)[C@@H]1CCCN1C(=O)CSc1ccc2ccccc2c1. The zero-order valence-corrected chi connectivity index (χ0v) is 14.9. The van der Waals surface area contributed by atoms with Crippen molar-refractivity contribution in [1.82, 2.24) is 9.80 Å². The van der Waals surface area contributed by atoms with Gasteiger partial charge in [-0.1, -0.05) is 30.3 Å². The lowest BCUT2D eigenvalue weighted by Crippen LogP contribution is -2.46. The van der Waals surface area contributed by atoms with Gasteiger partial charge in [-0.15, -0.1) is 11.8 Å². The van der Waals surface area contributed by atoms with Crippen molar-refractivity contribution in [1.29, 1.82) is 0 Å². The normalized spacial score (nSPS) is 17.2. The average Bonchev–Trinajstić information content (AvgIpc) is 3.08. The molecule has 5 heteroatoms. The van der Waals surface area contributed by atoms with Crippen molar-refractivity contribution in [3.8, 4) is 0 Å². The van der Waals surface area contributed by atoms with Crippen LogP contribution in [0.4, 0.5) is 0 Å². The van der Waals surface area contributed by atoms with Crippen LogP contribution in [0.3, 0.4) is 0 Å². The van der Waals surface area contributed by atoms with Gasteiger partial charge in [-0.25, -0.2) is 0 Å². The Kier molecular flexibility index (Phi) is 5.09. The highest BCUT2D eigenvalue weighted by atomic mass is 32.2. The van der Waals surface area contributed by atoms with Crippen LogP contribution in [0.2, 0.25) is 0 Å². The molecular formula is C19H22N2O2S. The molecule has 0 unspecified atom stereocenters. The Morgan fingerprint density at radius 2 is 1.92 bits per heavy atom. The van der Waals surface area contributed by atoms with E-state index < -0.39 is 0 Å². The maximum atomic E-state index is 12.6. The van der Waals surface area contributed by atoms with E-state index in [4.69, 9.17) is 0 Å². The number of likely N-dealkylation sites (tertiary alicyclic amines) is 1. The van der Waals surface area contributed by atoms with Crippen LogP contribution in [0.25, 0.3) is 10.8 Å². The number of carbonyl (C=O) groups is 2. The highest BCUT2D eigenvalue weighted by molar-refractivity contribution is 8.00. The monoisotopic (exact) mass is 342 g/mol. The number of benzene rings is 2. The predicted octanol–water partition coefficient (Wildman–Crippen LogP) is 3.01. The van der Waals surface area contributed by atoms with Gasteiger partial charge in [-0.3, -0.25) is 9.59 Å². The largest absolute Gasteiger partial charge is 0.347 e. The quantitative estimate of drug-likeness (QED) is 0.802. The molecule has 2 aromatic rings. The van der Waals surface area contributed by atoms with E-state index in [1.54, 1.807) is 23.9 Å². The van der Waals surface area contributed by atoms with Gasteiger partial charge in [0.2, 0.25) is 11.8 Å². The minimum Gasteiger partial charge on any atom is -0.347 e. The molecule has 0 radical (unpaired) electrons. The Balaban J connectivity index is 1.64. The van der Waals surface area contributed by atoms with Crippen LogP contribution in [0, 0.1) is 0 Å². The fourth-order valence-corrected chi connectivity index (χ4v) is 3.94. The minimum absolute atomic E-state index is 0.0246. The van der Waals surface area contributed by atoms with Crippen LogP contribution < -0.4 is 0 Å². The number of nitrogens with zero attached hydrogens (tertiary/aromatic N) is 2. The minimum atomic E-state index is -0.287. The first-order valence-corrected chi connectivity index (χ1v) is 9.17. The summed E-state index contributed by atoms with van der Waals surface area (Å²) in [6, 6.07) is 14.1. The molecule has 1 atom stereocenters. The van der Waals surface area contributed by atoms with Crippen molar-refractivity contribution in [3.05, 3.63) is 42.5 Å². The molecule has 0 spiro atoms. The maximum Gasteiger partial charge on any atom is 0.244 e. The summed E-state index contributed by atoms with van der Waals surface area (Å²) < 4.78 is 0. The summed E-state index contributed by atoms with van der Waals surface area (Å²) >= 11 is 1.54. The molecule has 0 aromatic heterocycles. The average molecular weight is 342 g/mol. The smallest absolute Gasteiger partial charge is 0.244 e. The molecule has 0 aliphatic carbocycles. The van der Waals surface area contributed by atoms with Gasteiger partial charge in [-0.05, 0) is 35.7 Å². The molecule has 0 bridgehead atoms. The summed E-state index contributed by atoms with van der Waals surface area (Å²) in [4.78, 5) is 29.2. The summed E-state index contributed by atoms with van der Waals surface area (Å²) in [6.07, 6.45) is 1.67. The molecule has 1 fully saturated rings. The van der Waals surface area contributed by atoms with E-state index in [0.717, 1.165) is 17.7 Å². The number of amides is 2. The van der Waals surface area contributed by atoms with Crippen molar-refractivity contribution >= 4 is 34.3 Å². The van der Waals surface area contributed by atoms with E-state index in [2.05, 4.69) is 24.3 Å². The first-order chi connectivity index (χ1) is 11.6. The number of fused-ring (bicyclic) bond motifs is 1. The number of carbonyl (C=O) groups excluding carboxylic acids is 2. The zero-order chi connectivity index (χ0) is 17.1. The Morgan fingerprint density at radius 3 is 2.67 bits per heavy atom. The van der Waals surface area contributed by atoms with Crippen LogP contribution in [-0.2, 0) is 9.59 Å². The lowest BCUT2D eigenvalue weighted by atomic mass is 10.1. The standard InChI is InChI=1S/C19H22N2O2S/c1-20(2)19(23)17-8-5-11-21(17)18(22)13-24-16-10-9-14-6-3-4-7-15(14)12-16/h3-4,6-7,9-10,12,17H,5,8,11,13H2,1-2H3/t17-/m0/s1. The summed E-state index contributed by atoms with van der Waals surface area (Å²) in [5.74, 6) is 0.442. The first-order valence-electron chi connectivity index (χ1n) is 8.18. The van der Waals surface area contributed by atoms with Gasteiger partial charge in [0.1, 0.15) is 6.04 Å². The Morgan fingerprint density at radius 1 is 1.17 bits per heavy atom. The molecule has 4 nitrogen and oxygen atoms in total. The molecule has 3 rings (SSSR count). The van der Waals surface area contributed by atoms with E-state index in [1.807, 2.05) is 18.2 Å². The molecule has 2 amide bonds. The van der Waals surface area contributed by atoms with Crippen molar-refractivity contribution in [2.24, 2.45) is 0 Å². The van der Waals surface area contributed by atoms with Crippen molar-refractivity contribution in [2.75, 3.05) is 26.4 Å². The van der Waals surface area contributed by atoms with Crippen molar-refractivity contribution < 1.29 is 9.59 Å². The van der Waals surface area contributed by atoms with Gasteiger partial charge in [0.05, 0.1) is 5.75 Å². The third kappa shape index (κ3) is 3.56. The van der Waals surface area contributed by atoms with Crippen LogP contribution in [0.1, 0.15) is 12.8 Å². The van der Waals surface area contributed by atoms with E-state index in [0.29, 0.717) is 12.3 Å². The van der Waals surface area contributed by atoms with Crippen molar-refractivity contribution in [2.45, 2.75) is 23.8 Å². The summed E-state index contributed by atoms with van der Waals surface area (Å²) in [5.41, 5.74) is 0. The number of hydrogen-bond donors (Lipinski definition) is 0. The van der Waals surface area contributed by atoms with Gasteiger partial charge in [0, 0.05) is 25.5 Å². The predicted molar refractivity (Wildman–Crippen MR) is 98.1 cm³/mol. The van der Waals surface area contributed by atoms with Crippen LogP contribution in [0.15, 0.2) is 47.4 Å². The highest BCUT2D eigenvalue weighted by Gasteiger charge is 2.34. The molecule has 1 heterocycles. The van der Waals surface area contributed by atoms with Gasteiger partial charge >= 0.3 is 0 Å². The second-order valence-electron chi connectivity index (χ2n) is 6.28. The summed E-state index contributed by atoms with van der Waals surface area (Å²) in [5, 5.41) is 2.38. The first kappa shape index (κ1) is 16.8. The van der Waals surface area contributed by atoms with E-state index in [9.17, 15) is 9.59 Å². The molecule has 2 aromatic carbocycles. The summed E-state index contributed by atoms with van der Waals surface area (Å²) in [7, 11) is 3.49. The summed E-state index contributed by atoms with van der Waals surface area (Å²) in [6.45, 7) is 0.682. The van der Waals surface area contributed by atoms with Crippen LogP contribution in [-0.4, -0.2) is 54.0 Å². The second-order valence-corrected chi connectivity index (χ2v) is 7.32. The Bertz CT molecular complexity index is 760. The number of rotatable bonds is 4. The second kappa shape index (κ2) is 7.26. The van der Waals surface area contributed by atoms with Crippen LogP contribution >= 0.6 is 11.8 Å². The molecule has 0 N–H and O–H groups in total. The number of hydrogen-bond acceptors (Lipinski definition) is 3. The van der Waals surface area contributed by atoms with Gasteiger partial charge < -0.3 is 9.80 Å². The highest BCUT2D eigenvalue weighted by Crippen LogP contribution is 2.26. The fourth-order valence-electron chi connectivity index (χ4n) is 3.11. The molecule has 1 aliphatic heterocycles. The van der Waals surface area contributed by atoms with Gasteiger partial charge in [-0.2, -0.15) is 0 Å². The maximum absolute atomic E-state index is 12.6. The molecule has 0 saturated carbocycles. The van der Waals surface area contributed by atoms with Gasteiger partial charge in [0.25, 0.3) is 0 Å². The molecule has 24 heavy (non-hydrogen) atoms. The fraction of sp³-hybridized carbons (Fsp3) is 0.368. The number of likely N-dealkylation sites (N-methyl/N-ethyl adjacent to an activating group) is 1. The van der Waals surface area contributed by atoms with Gasteiger partial charge in [0.15, 0.2) is 0 Å². The third-order valence-electron chi connectivity index (χ3n) is 4.38. The van der Waals surface area contributed by atoms with Crippen molar-refractivity contribution in [3.63, 3.8) is 0 Å². The molecule has 1 saturated heterocycles. The van der Waals surface area contributed by atoms with Crippen LogP contribution in [0.5, 0.6) is 0 Å². The molecule has 126 valence electrons. The van der Waals surface area contributed by atoms with E-state index in [1.165, 1.54) is 22.5 Å². The zero-order valence-electron chi connectivity index (χ0n) is 14.1. The lowest BCUT2D eigenvalue weighted by molar-refractivity contribution is -0.140. The van der Waals surface area contributed by atoms with E-state index in [-0.39, 0.29) is 17.9 Å².